The minimum Gasteiger partial charge on any atom is -0.491 e. The highest BCUT2D eigenvalue weighted by molar-refractivity contribution is 6.35. The summed E-state index contributed by atoms with van der Waals surface area (Å²) >= 11 is 12.4. The Morgan fingerprint density at radius 1 is 1.05 bits per heavy atom. The highest BCUT2D eigenvalue weighted by Gasteiger charge is 2.40. The molecule has 2 fully saturated rings. The van der Waals surface area contributed by atoms with E-state index in [1.165, 1.54) is 0 Å². The second kappa shape index (κ2) is 11.4. The number of nitrogens with one attached hydrogen (secondary N) is 1. The summed E-state index contributed by atoms with van der Waals surface area (Å²) < 4.78 is 18.1. The number of nitrogens with two attached hydrogens (primary N) is 1. The first kappa shape index (κ1) is 26.6. The fourth-order valence-electron chi connectivity index (χ4n) is 4.58. The predicted molar refractivity (Wildman–Crippen MR) is 149 cm³/mol. The molecule has 0 aromatic heterocycles. The summed E-state index contributed by atoms with van der Waals surface area (Å²) in [6.45, 7) is 5.62. The lowest BCUT2D eigenvalue weighted by molar-refractivity contribution is -0.164. The van der Waals surface area contributed by atoms with Crippen molar-refractivity contribution in [1.29, 1.82) is 0 Å². The monoisotopic (exact) mass is 556 g/mol. The van der Waals surface area contributed by atoms with Crippen molar-refractivity contribution in [3.63, 3.8) is 0 Å². The summed E-state index contributed by atoms with van der Waals surface area (Å²) in [7, 11) is 0. The normalized spacial score (nSPS) is 21.9. The summed E-state index contributed by atoms with van der Waals surface area (Å²) in [6.07, 6.45) is -0.233. The van der Waals surface area contributed by atoms with E-state index in [4.69, 9.17) is 43.1 Å². The molecule has 2 atom stereocenters. The van der Waals surface area contributed by atoms with Gasteiger partial charge in [0.25, 0.3) is 5.91 Å². The van der Waals surface area contributed by atoms with E-state index in [0.717, 1.165) is 30.1 Å². The van der Waals surface area contributed by atoms with E-state index in [2.05, 4.69) is 10.3 Å². The molecule has 0 radical (unpaired) electrons. The van der Waals surface area contributed by atoms with Crippen molar-refractivity contribution >= 4 is 40.5 Å². The lowest BCUT2D eigenvalue weighted by Crippen LogP contribution is -2.53. The van der Waals surface area contributed by atoms with Crippen LogP contribution in [0.15, 0.2) is 66.7 Å². The number of anilines is 2. The molecule has 10 heteroatoms. The largest absolute Gasteiger partial charge is 0.491 e. The Morgan fingerprint density at radius 3 is 2.45 bits per heavy atom. The summed E-state index contributed by atoms with van der Waals surface area (Å²) in [5.74, 6) is -0.325. The SMILES string of the molecule is C[C@]1(c2ccc(Cl)cc2Cl)OC[C@@H](COc2ccc(N3CCN(NC(=O)c4ccc(N)cc4)CC3)cc2)O1. The van der Waals surface area contributed by atoms with Crippen LogP contribution in [0.25, 0.3) is 0 Å². The topological polar surface area (TPSA) is 89.3 Å². The number of carbonyl (C=O) groups is 1. The van der Waals surface area contributed by atoms with Crippen molar-refractivity contribution in [1.82, 2.24) is 10.4 Å². The molecule has 3 N–H and O–H groups in total. The second-order valence-electron chi connectivity index (χ2n) is 9.46. The van der Waals surface area contributed by atoms with Crippen molar-refractivity contribution < 1.29 is 19.0 Å². The van der Waals surface area contributed by atoms with Gasteiger partial charge in [0.1, 0.15) is 18.5 Å². The van der Waals surface area contributed by atoms with E-state index in [-0.39, 0.29) is 12.0 Å². The van der Waals surface area contributed by atoms with Crippen LogP contribution in [0, 0.1) is 0 Å². The number of piperazine rings is 1. The summed E-state index contributed by atoms with van der Waals surface area (Å²) in [4.78, 5) is 14.7. The van der Waals surface area contributed by atoms with Crippen LogP contribution in [0.3, 0.4) is 0 Å². The number of hydrazine groups is 1. The Bertz CT molecular complexity index is 1270. The van der Waals surface area contributed by atoms with Crippen LogP contribution in [-0.2, 0) is 15.3 Å². The Balaban J connectivity index is 1.08. The molecule has 38 heavy (non-hydrogen) atoms. The van der Waals surface area contributed by atoms with E-state index in [0.29, 0.717) is 47.6 Å². The molecule has 1 amide bonds. The number of benzene rings is 3. The first-order valence-electron chi connectivity index (χ1n) is 12.5. The van der Waals surface area contributed by atoms with Crippen LogP contribution in [0.4, 0.5) is 11.4 Å². The smallest absolute Gasteiger partial charge is 0.265 e. The average Bonchev–Trinajstić information content (AvgIpc) is 3.30. The molecule has 3 aromatic carbocycles. The number of nitrogens with zero attached hydrogens (tertiary/aromatic N) is 2. The molecular weight excluding hydrogens is 527 g/mol. The molecule has 200 valence electrons. The van der Waals surface area contributed by atoms with Crippen LogP contribution in [-0.4, -0.2) is 56.4 Å². The minimum atomic E-state index is -0.948. The molecule has 2 aliphatic heterocycles. The van der Waals surface area contributed by atoms with Crippen molar-refractivity contribution in [2.75, 3.05) is 50.0 Å². The predicted octanol–water partition coefficient (Wildman–Crippen LogP) is 4.71. The van der Waals surface area contributed by atoms with Crippen LogP contribution in [0.5, 0.6) is 5.75 Å². The van der Waals surface area contributed by atoms with E-state index < -0.39 is 5.79 Å². The number of rotatable bonds is 7. The van der Waals surface area contributed by atoms with Crippen molar-refractivity contribution in [2.24, 2.45) is 0 Å². The van der Waals surface area contributed by atoms with Crippen LogP contribution in [0.2, 0.25) is 10.0 Å². The summed E-state index contributed by atoms with van der Waals surface area (Å²) in [5, 5.41) is 3.01. The molecule has 2 heterocycles. The molecule has 0 aliphatic carbocycles. The van der Waals surface area contributed by atoms with Gasteiger partial charge in [-0.2, -0.15) is 0 Å². The van der Waals surface area contributed by atoms with Gasteiger partial charge >= 0.3 is 0 Å². The summed E-state index contributed by atoms with van der Waals surface area (Å²) in [6, 6.07) is 20.2. The van der Waals surface area contributed by atoms with Gasteiger partial charge in [-0.3, -0.25) is 10.2 Å². The fourth-order valence-corrected chi connectivity index (χ4v) is 5.16. The van der Waals surface area contributed by atoms with Crippen molar-refractivity contribution in [3.8, 4) is 5.75 Å². The highest BCUT2D eigenvalue weighted by Crippen LogP contribution is 2.38. The van der Waals surface area contributed by atoms with Gasteiger partial charge in [-0.15, -0.1) is 0 Å². The Hall–Kier alpha value is -3.01. The molecule has 3 aromatic rings. The van der Waals surface area contributed by atoms with Gasteiger partial charge in [-0.25, -0.2) is 5.01 Å². The Kier molecular flexibility index (Phi) is 7.97. The Morgan fingerprint density at radius 2 is 1.76 bits per heavy atom. The van der Waals surface area contributed by atoms with Crippen LogP contribution >= 0.6 is 23.2 Å². The van der Waals surface area contributed by atoms with Gasteiger partial charge in [0.05, 0.1) is 11.6 Å². The lowest BCUT2D eigenvalue weighted by Gasteiger charge is -2.36. The molecule has 0 unspecified atom stereocenters. The summed E-state index contributed by atoms with van der Waals surface area (Å²) in [5.41, 5.74) is 11.7. The zero-order chi connectivity index (χ0) is 26.7. The van der Waals surface area contributed by atoms with Crippen LogP contribution < -0.4 is 20.8 Å². The number of nitrogen functional groups attached to an aromatic ring is 1. The standard InChI is InChI=1S/C28H30Cl2N4O4/c1-28(25-11-4-20(29)16-26(25)30)37-18-24(38-28)17-36-23-9-7-22(8-10-23)33-12-14-34(15-13-33)32-27(35)19-2-5-21(31)6-3-19/h2-11,16,24H,12-15,17-18,31H2,1H3,(H,32,35)/t24-,28+/m1/s1. The third-order valence-electron chi connectivity index (χ3n) is 6.71. The average molecular weight is 557 g/mol. The molecule has 0 bridgehead atoms. The molecule has 2 saturated heterocycles. The number of hydrogen-bond donors (Lipinski definition) is 2. The van der Waals surface area contributed by atoms with E-state index in [9.17, 15) is 4.79 Å². The Labute approximate surface area is 232 Å². The third kappa shape index (κ3) is 6.17. The molecule has 2 aliphatic rings. The number of hydrogen-bond acceptors (Lipinski definition) is 7. The van der Waals surface area contributed by atoms with Crippen LogP contribution in [0.1, 0.15) is 22.8 Å². The fraction of sp³-hybridized carbons (Fsp3) is 0.321. The first-order chi connectivity index (χ1) is 18.3. The second-order valence-corrected chi connectivity index (χ2v) is 10.3. The molecule has 0 saturated carbocycles. The van der Waals surface area contributed by atoms with Gasteiger partial charge in [0.15, 0.2) is 5.79 Å². The quantitative estimate of drug-likeness (QED) is 0.407. The first-order valence-corrected chi connectivity index (χ1v) is 13.2. The lowest BCUT2D eigenvalue weighted by atomic mass is 10.1. The highest BCUT2D eigenvalue weighted by atomic mass is 35.5. The van der Waals surface area contributed by atoms with Gasteiger partial charge in [-0.1, -0.05) is 29.3 Å². The number of halogens is 2. The van der Waals surface area contributed by atoms with E-state index in [1.807, 2.05) is 42.3 Å². The zero-order valence-electron chi connectivity index (χ0n) is 21.0. The maximum absolute atomic E-state index is 12.5. The van der Waals surface area contributed by atoms with Gasteiger partial charge in [-0.05, 0) is 67.6 Å². The third-order valence-corrected chi connectivity index (χ3v) is 7.25. The molecular formula is C28H30Cl2N4O4. The maximum atomic E-state index is 12.5. The van der Waals surface area contributed by atoms with Crippen molar-refractivity contribution in [3.05, 3.63) is 87.9 Å². The van der Waals surface area contributed by atoms with E-state index in [1.54, 1.807) is 36.4 Å². The number of ether oxygens (including phenoxy) is 3. The van der Waals surface area contributed by atoms with Gasteiger partial charge in [0, 0.05) is 53.7 Å². The molecule has 8 nitrogen and oxygen atoms in total. The molecule has 5 rings (SSSR count). The van der Waals surface area contributed by atoms with Gasteiger partial charge in [0.2, 0.25) is 0 Å². The number of carbonyl (C=O) groups excluding carboxylic acids is 1. The minimum absolute atomic E-state index is 0.131. The van der Waals surface area contributed by atoms with Crippen molar-refractivity contribution in [2.45, 2.75) is 18.8 Å². The molecule has 0 spiro atoms. The maximum Gasteiger partial charge on any atom is 0.265 e. The van der Waals surface area contributed by atoms with Gasteiger partial charge < -0.3 is 24.8 Å². The number of amides is 1. The zero-order valence-corrected chi connectivity index (χ0v) is 22.5. The van der Waals surface area contributed by atoms with E-state index >= 15 is 0 Å².